The number of aromatic nitrogens is 2. The van der Waals surface area contributed by atoms with Crippen LogP contribution in [0, 0.1) is 0 Å². The minimum absolute atomic E-state index is 0.0235. The van der Waals surface area contributed by atoms with Gasteiger partial charge in [0.1, 0.15) is 5.75 Å². The number of hydrogen-bond donors (Lipinski definition) is 1. The smallest absolute Gasteiger partial charge is 0.387 e. The van der Waals surface area contributed by atoms with Crippen LogP contribution in [0.25, 0.3) is 0 Å². The predicted octanol–water partition coefficient (Wildman–Crippen LogP) is 2.27. The molecule has 0 atom stereocenters. The molecule has 0 aliphatic carbocycles. The summed E-state index contributed by atoms with van der Waals surface area (Å²) >= 11 is 0. The van der Waals surface area contributed by atoms with Gasteiger partial charge >= 0.3 is 6.61 Å². The topological polar surface area (TPSA) is 83.7 Å². The maximum atomic E-state index is 12.2. The van der Waals surface area contributed by atoms with Crippen molar-refractivity contribution in [2.75, 3.05) is 39.3 Å². The fraction of sp³-hybridized carbons (Fsp3) is 0.571. The minimum atomic E-state index is -2.83. The summed E-state index contributed by atoms with van der Waals surface area (Å²) in [5.74, 6) is 1.70. The number of nitrogens with one attached hydrogen (secondary N) is 1. The number of piperazine rings is 1. The van der Waals surface area contributed by atoms with Gasteiger partial charge in [0, 0.05) is 38.6 Å². The van der Waals surface area contributed by atoms with Gasteiger partial charge < -0.3 is 14.6 Å². The largest absolute Gasteiger partial charge is 0.435 e. The highest BCUT2D eigenvalue weighted by atomic mass is 19.3. The average molecular weight is 437 g/mol. The van der Waals surface area contributed by atoms with Crippen molar-refractivity contribution in [1.82, 2.24) is 25.3 Å². The van der Waals surface area contributed by atoms with Crippen LogP contribution in [0.5, 0.6) is 5.75 Å². The molecule has 0 radical (unpaired) electrons. The molecular formula is C21H29F2N5O3. The molecule has 0 unspecified atom stereocenters. The molecule has 10 heteroatoms. The Morgan fingerprint density at radius 2 is 1.84 bits per heavy atom. The zero-order valence-electron chi connectivity index (χ0n) is 17.9. The quantitative estimate of drug-likeness (QED) is 0.611. The van der Waals surface area contributed by atoms with E-state index in [0.717, 1.165) is 37.6 Å². The van der Waals surface area contributed by atoms with Crippen molar-refractivity contribution in [3.05, 3.63) is 41.5 Å². The molecule has 0 bridgehead atoms. The number of amides is 1. The molecule has 2 aromatic rings. The Labute approximate surface area is 180 Å². The van der Waals surface area contributed by atoms with Gasteiger partial charge in [-0.25, -0.2) is 0 Å². The number of alkyl halides is 2. The zero-order chi connectivity index (χ0) is 22.2. The Hall–Kier alpha value is -2.59. The highest BCUT2D eigenvalue weighted by molar-refractivity contribution is 5.78. The van der Waals surface area contributed by atoms with E-state index < -0.39 is 6.61 Å². The van der Waals surface area contributed by atoms with Gasteiger partial charge in [-0.15, -0.1) is 0 Å². The van der Waals surface area contributed by atoms with Crippen molar-refractivity contribution in [3.8, 4) is 5.75 Å². The second-order valence-electron chi connectivity index (χ2n) is 7.88. The Morgan fingerprint density at radius 1 is 1.16 bits per heavy atom. The lowest BCUT2D eigenvalue weighted by atomic mass is 10.1. The molecule has 1 aromatic heterocycles. The lowest BCUT2D eigenvalue weighted by molar-refractivity contribution is -0.122. The number of ether oxygens (including phenoxy) is 1. The Kier molecular flexibility index (Phi) is 8.30. The van der Waals surface area contributed by atoms with Crippen LogP contribution in [0.3, 0.4) is 0 Å². The normalized spacial score (nSPS) is 15.5. The third-order valence-corrected chi connectivity index (χ3v) is 5.08. The van der Waals surface area contributed by atoms with Gasteiger partial charge in [-0.2, -0.15) is 13.8 Å². The molecule has 31 heavy (non-hydrogen) atoms. The van der Waals surface area contributed by atoms with Gasteiger partial charge in [0.25, 0.3) is 0 Å². The summed E-state index contributed by atoms with van der Waals surface area (Å²) in [4.78, 5) is 21.0. The average Bonchev–Trinajstić information content (AvgIpc) is 3.19. The van der Waals surface area contributed by atoms with Crippen LogP contribution in [-0.4, -0.2) is 71.7 Å². The van der Waals surface area contributed by atoms with E-state index in [1.165, 1.54) is 12.1 Å². The van der Waals surface area contributed by atoms with E-state index in [1.54, 1.807) is 12.1 Å². The van der Waals surface area contributed by atoms with Crippen molar-refractivity contribution in [2.45, 2.75) is 39.3 Å². The van der Waals surface area contributed by atoms with Gasteiger partial charge in [-0.3, -0.25) is 14.6 Å². The molecule has 1 N–H and O–H groups in total. The fourth-order valence-corrected chi connectivity index (χ4v) is 3.31. The number of hydrogen-bond acceptors (Lipinski definition) is 7. The summed E-state index contributed by atoms with van der Waals surface area (Å²) in [6, 6.07) is 6.44. The monoisotopic (exact) mass is 437 g/mol. The number of benzene rings is 1. The third-order valence-electron chi connectivity index (χ3n) is 5.08. The van der Waals surface area contributed by atoms with E-state index >= 15 is 0 Å². The van der Waals surface area contributed by atoms with Crippen LogP contribution < -0.4 is 10.1 Å². The van der Waals surface area contributed by atoms with Crippen molar-refractivity contribution in [3.63, 3.8) is 0 Å². The van der Waals surface area contributed by atoms with Crippen molar-refractivity contribution in [1.29, 1.82) is 0 Å². The van der Waals surface area contributed by atoms with Crippen LogP contribution >= 0.6 is 0 Å². The number of halogens is 2. The van der Waals surface area contributed by atoms with E-state index in [2.05, 4.69) is 30.0 Å². The molecular weight excluding hydrogens is 408 g/mol. The van der Waals surface area contributed by atoms with Crippen molar-refractivity contribution >= 4 is 5.91 Å². The van der Waals surface area contributed by atoms with Gasteiger partial charge in [0.05, 0.1) is 13.1 Å². The molecule has 0 saturated carbocycles. The second kappa shape index (κ2) is 11.1. The van der Waals surface area contributed by atoms with Crippen molar-refractivity contribution in [2.24, 2.45) is 0 Å². The summed E-state index contributed by atoms with van der Waals surface area (Å²) in [7, 11) is 0. The highest BCUT2D eigenvalue weighted by Crippen LogP contribution is 2.15. The molecule has 1 aromatic carbocycles. The van der Waals surface area contributed by atoms with Crippen LogP contribution in [0.2, 0.25) is 0 Å². The summed E-state index contributed by atoms with van der Waals surface area (Å²) in [5.41, 5.74) is 0.942. The van der Waals surface area contributed by atoms with Crippen molar-refractivity contribution < 1.29 is 22.8 Å². The van der Waals surface area contributed by atoms with E-state index in [1.807, 2.05) is 13.8 Å². The second-order valence-corrected chi connectivity index (χ2v) is 7.88. The first-order chi connectivity index (χ1) is 14.9. The molecule has 1 saturated heterocycles. The lowest BCUT2D eigenvalue weighted by Crippen LogP contribution is -2.49. The van der Waals surface area contributed by atoms with E-state index in [4.69, 9.17) is 4.52 Å². The van der Waals surface area contributed by atoms with E-state index in [9.17, 15) is 13.6 Å². The molecule has 1 amide bonds. The third kappa shape index (κ3) is 7.55. The van der Waals surface area contributed by atoms with Crippen LogP contribution in [0.15, 0.2) is 28.8 Å². The molecule has 1 aliphatic rings. The molecule has 170 valence electrons. The van der Waals surface area contributed by atoms with Gasteiger partial charge in [0.15, 0.2) is 5.82 Å². The first kappa shape index (κ1) is 23.1. The molecule has 0 spiro atoms. The Balaban J connectivity index is 1.31. The van der Waals surface area contributed by atoms with Gasteiger partial charge in [0.2, 0.25) is 11.8 Å². The number of rotatable bonds is 10. The Morgan fingerprint density at radius 3 is 2.45 bits per heavy atom. The summed E-state index contributed by atoms with van der Waals surface area (Å²) in [6.45, 7) is 5.95. The molecule has 3 rings (SSSR count). The number of carbonyl (C=O) groups is 1. The zero-order valence-corrected chi connectivity index (χ0v) is 17.9. The summed E-state index contributed by atoms with van der Waals surface area (Å²) < 4.78 is 34.0. The minimum Gasteiger partial charge on any atom is -0.435 e. The maximum Gasteiger partial charge on any atom is 0.387 e. The molecule has 2 heterocycles. The summed E-state index contributed by atoms with van der Waals surface area (Å²) in [6.07, 6.45) is 0.622. The summed E-state index contributed by atoms with van der Waals surface area (Å²) in [5, 5.41) is 6.90. The molecule has 1 fully saturated rings. The first-order valence-corrected chi connectivity index (χ1v) is 10.5. The van der Waals surface area contributed by atoms with Gasteiger partial charge in [-0.1, -0.05) is 31.1 Å². The van der Waals surface area contributed by atoms with E-state index in [0.29, 0.717) is 31.9 Å². The van der Waals surface area contributed by atoms with Crippen LogP contribution in [-0.2, 0) is 17.8 Å². The molecule has 8 nitrogen and oxygen atoms in total. The van der Waals surface area contributed by atoms with E-state index in [-0.39, 0.29) is 17.6 Å². The van der Waals surface area contributed by atoms with Crippen LogP contribution in [0.4, 0.5) is 8.78 Å². The lowest BCUT2D eigenvalue weighted by Gasteiger charge is -2.33. The first-order valence-electron chi connectivity index (χ1n) is 10.5. The van der Waals surface area contributed by atoms with Crippen LogP contribution in [0.1, 0.15) is 37.0 Å². The predicted molar refractivity (Wildman–Crippen MR) is 110 cm³/mol. The Bertz CT molecular complexity index is 821. The number of nitrogens with zero attached hydrogens (tertiary/aromatic N) is 4. The number of carbonyl (C=O) groups excluding carboxylic acids is 1. The fourth-order valence-electron chi connectivity index (χ4n) is 3.31. The SMILES string of the molecule is CC(C)c1noc(CN2CCN(CC(=O)NCCc3ccc(OC(F)F)cc3)CC2)n1. The van der Waals surface area contributed by atoms with Gasteiger partial charge in [-0.05, 0) is 24.1 Å². The standard InChI is InChI=1S/C21H29F2N5O3/c1-15(2)20-25-19(31-26-20)14-28-11-9-27(10-12-28)13-18(29)24-8-7-16-3-5-17(6-4-16)30-21(22)23/h3-6,15,21H,7-14H2,1-2H3,(H,24,29). The highest BCUT2D eigenvalue weighted by Gasteiger charge is 2.21. The maximum absolute atomic E-state index is 12.2. The molecule has 1 aliphatic heterocycles.